The molecule has 3 aromatic carbocycles. The van der Waals surface area contributed by atoms with E-state index in [-0.39, 0.29) is 0 Å². The summed E-state index contributed by atoms with van der Waals surface area (Å²) >= 11 is 3.64. The maximum Gasteiger partial charge on any atom is 0.121 e. The molecule has 6 heteroatoms. The highest BCUT2D eigenvalue weighted by Crippen LogP contribution is 2.35. The second-order valence-electron chi connectivity index (χ2n) is 7.68. The summed E-state index contributed by atoms with van der Waals surface area (Å²) in [6.45, 7) is 0.825. The third-order valence-electron chi connectivity index (χ3n) is 5.55. The van der Waals surface area contributed by atoms with Crippen LogP contribution in [0.25, 0.3) is 22.0 Å². The van der Waals surface area contributed by atoms with Gasteiger partial charge in [-0.3, -0.25) is 4.99 Å². The van der Waals surface area contributed by atoms with E-state index in [4.69, 9.17) is 19.5 Å². The highest BCUT2D eigenvalue weighted by molar-refractivity contribution is 8.16. The lowest BCUT2D eigenvalue weighted by Gasteiger charge is -2.12. The van der Waals surface area contributed by atoms with Gasteiger partial charge in [0, 0.05) is 28.0 Å². The zero-order valence-corrected chi connectivity index (χ0v) is 20.2. The molecule has 4 nitrogen and oxygen atoms in total. The second kappa shape index (κ2) is 9.89. The van der Waals surface area contributed by atoms with E-state index in [1.54, 1.807) is 26.0 Å². The smallest absolute Gasteiger partial charge is 0.121 e. The van der Waals surface area contributed by atoms with Crippen LogP contribution < -0.4 is 9.47 Å². The molecule has 166 valence electrons. The van der Waals surface area contributed by atoms with E-state index in [1.807, 2.05) is 42.1 Å². The van der Waals surface area contributed by atoms with Crippen molar-refractivity contribution >= 4 is 39.5 Å². The Hall–Kier alpha value is -2.96. The van der Waals surface area contributed by atoms with Gasteiger partial charge in [-0.2, -0.15) is 0 Å². The fourth-order valence-electron chi connectivity index (χ4n) is 3.82. The molecule has 0 N–H and O–H groups in total. The molecule has 0 bridgehead atoms. The summed E-state index contributed by atoms with van der Waals surface area (Å²) in [6.07, 6.45) is 0. The van der Waals surface area contributed by atoms with Crippen LogP contribution >= 0.6 is 23.5 Å². The van der Waals surface area contributed by atoms with Gasteiger partial charge < -0.3 is 9.47 Å². The predicted molar refractivity (Wildman–Crippen MR) is 140 cm³/mol. The molecule has 0 spiro atoms. The van der Waals surface area contributed by atoms with Crippen LogP contribution in [0.15, 0.2) is 88.9 Å². The minimum Gasteiger partial charge on any atom is -0.497 e. The number of nitrogens with zero attached hydrogens (tertiary/aromatic N) is 2. The molecular formula is C27H24N2O2S2. The number of hydrogen-bond acceptors (Lipinski definition) is 6. The van der Waals surface area contributed by atoms with Crippen LogP contribution in [0.4, 0.5) is 0 Å². The SMILES string of the molecule is COc1ccc(C2=NC[C@@H](CSc3cc(-c4ccccc4)c4ccc(OC)cc4n3)S2)cc1. The van der Waals surface area contributed by atoms with Crippen molar-refractivity contribution in [3.8, 4) is 22.6 Å². The lowest BCUT2D eigenvalue weighted by atomic mass is 10.0. The number of rotatable bonds is 7. The van der Waals surface area contributed by atoms with E-state index in [0.717, 1.165) is 50.3 Å². The van der Waals surface area contributed by atoms with Crippen LogP contribution in [-0.4, -0.2) is 41.8 Å². The fraction of sp³-hybridized carbons (Fsp3) is 0.185. The third-order valence-corrected chi connectivity index (χ3v) is 8.07. The van der Waals surface area contributed by atoms with Crippen molar-refractivity contribution in [1.82, 2.24) is 4.98 Å². The second-order valence-corrected chi connectivity index (χ2v) is 10.0. The van der Waals surface area contributed by atoms with E-state index < -0.39 is 0 Å². The van der Waals surface area contributed by atoms with E-state index in [2.05, 4.69) is 48.5 Å². The standard InChI is InChI=1S/C27H24N2O2S2/c1-30-20-10-8-19(9-11-20)27-28-16-22(33-27)17-32-26-15-24(18-6-4-3-5-7-18)23-13-12-21(31-2)14-25(23)29-26/h3-15,22H,16-17H2,1-2H3/t22-/m0/s1. The molecule has 0 amide bonds. The molecule has 33 heavy (non-hydrogen) atoms. The number of aromatic nitrogens is 1. The number of aliphatic imine (C=N–C) groups is 1. The number of thioether (sulfide) groups is 2. The number of methoxy groups -OCH3 is 2. The van der Waals surface area contributed by atoms with Gasteiger partial charge in [-0.05, 0) is 53.6 Å². The Labute approximate surface area is 202 Å². The molecular weight excluding hydrogens is 448 g/mol. The summed E-state index contributed by atoms with van der Waals surface area (Å²) in [5, 5.41) is 3.68. The molecule has 0 saturated carbocycles. The van der Waals surface area contributed by atoms with Gasteiger partial charge in [0.2, 0.25) is 0 Å². The summed E-state index contributed by atoms with van der Waals surface area (Å²) in [5.41, 5.74) is 4.49. The molecule has 0 unspecified atom stereocenters. The van der Waals surface area contributed by atoms with Crippen molar-refractivity contribution < 1.29 is 9.47 Å². The van der Waals surface area contributed by atoms with Gasteiger partial charge in [0.1, 0.15) is 11.5 Å². The van der Waals surface area contributed by atoms with Gasteiger partial charge in [0.05, 0.1) is 36.4 Å². The number of benzene rings is 3. The van der Waals surface area contributed by atoms with Gasteiger partial charge >= 0.3 is 0 Å². The van der Waals surface area contributed by atoms with Crippen LogP contribution in [0, 0.1) is 0 Å². The van der Waals surface area contributed by atoms with Crippen LogP contribution in [0.3, 0.4) is 0 Å². The summed E-state index contributed by atoms with van der Waals surface area (Å²) in [6, 6.07) is 26.9. The number of hydrogen-bond donors (Lipinski definition) is 0. The Balaban J connectivity index is 1.35. The van der Waals surface area contributed by atoms with Crippen LogP contribution in [-0.2, 0) is 0 Å². The molecule has 0 fully saturated rings. The van der Waals surface area contributed by atoms with Crippen molar-refractivity contribution in [1.29, 1.82) is 0 Å². The zero-order valence-electron chi connectivity index (χ0n) is 18.5. The molecule has 5 rings (SSSR count). The largest absolute Gasteiger partial charge is 0.497 e. The Morgan fingerprint density at radius 1 is 0.879 bits per heavy atom. The molecule has 1 aliphatic rings. The maximum atomic E-state index is 5.44. The van der Waals surface area contributed by atoms with E-state index in [0.29, 0.717) is 5.25 Å². The minimum absolute atomic E-state index is 0.426. The van der Waals surface area contributed by atoms with Crippen molar-refractivity contribution in [3.63, 3.8) is 0 Å². The molecule has 0 saturated heterocycles. The molecule has 0 radical (unpaired) electrons. The van der Waals surface area contributed by atoms with Crippen molar-refractivity contribution in [3.05, 3.63) is 84.4 Å². The predicted octanol–water partition coefficient (Wildman–Crippen LogP) is 6.57. The Bertz CT molecular complexity index is 1290. The Kier molecular flexibility index (Phi) is 6.55. The molecule has 4 aromatic rings. The average molecular weight is 473 g/mol. The van der Waals surface area contributed by atoms with Gasteiger partial charge in [0.25, 0.3) is 0 Å². The zero-order chi connectivity index (χ0) is 22.6. The van der Waals surface area contributed by atoms with Gasteiger partial charge in [0.15, 0.2) is 0 Å². The molecule has 0 aliphatic carbocycles. The fourth-order valence-corrected chi connectivity index (χ4v) is 6.00. The number of fused-ring (bicyclic) bond motifs is 1. The topological polar surface area (TPSA) is 43.7 Å². The molecule has 1 atom stereocenters. The maximum absolute atomic E-state index is 5.44. The average Bonchev–Trinajstić information content (AvgIpc) is 3.36. The van der Waals surface area contributed by atoms with E-state index in [9.17, 15) is 0 Å². The molecule has 2 heterocycles. The highest BCUT2D eigenvalue weighted by atomic mass is 32.2. The Morgan fingerprint density at radius 3 is 2.39 bits per heavy atom. The first-order valence-electron chi connectivity index (χ1n) is 10.8. The normalized spacial score (nSPS) is 15.5. The van der Waals surface area contributed by atoms with Crippen molar-refractivity contribution in [2.24, 2.45) is 4.99 Å². The van der Waals surface area contributed by atoms with Crippen molar-refractivity contribution in [2.45, 2.75) is 10.3 Å². The van der Waals surface area contributed by atoms with Crippen LogP contribution in [0.5, 0.6) is 11.5 Å². The first-order valence-corrected chi connectivity index (χ1v) is 12.6. The highest BCUT2D eigenvalue weighted by Gasteiger charge is 2.21. The summed E-state index contributed by atoms with van der Waals surface area (Å²) in [4.78, 5) is 9.73. The third kappa shape index (κ3) is 4.87. The van der Waals surface area contributed by atoms with Crippen LogP contribution in [0.2, 0.25) is 0 Å². The van der Waals surface area contributed by atoms with E-state index >= 15 is 0 Å². The van der Waals surface area contributed by atoms with E-state index in [1.165, 1.54) is 11.1 Å². The minimum atomic E-state index is 0.426. The molecule has 1 aromatic heterocycles. The summed E-state index contributed by atoms with van der Waals surface area (Å²) in [7, 11) is 3.37. The van der Waals surface area contributed by atoms with Crippen molar-refractivity contribution in [2.75, 3.05) is 26.5 Å². The first kappa shape index (κ1) is 21.9. The first-order chi connectivity index (χ1) is 16.2. The number of ether oxygens (including phenoxy) is 2. The lowest BCUT2D eigenvalue weighted by Crippen LogP contribution is -2.07. The Morgan fingerprint density at radius 2 is 1.64 bits per heavy atom. The summed E-state index contributed by atoms with van der Waals surface area (Å²) < 4.78 is 10.7. The summed E-state index contributed by atoms with van der Waals surface area (Å²) in [5.74, 6) is 2.63. The quantitative estimate of drug-likeness (QED) is 0.285. The van der Waals surface area contributed by atoms with Crippen LogP contribution in [0.1, 0.15) is 5.56 Å². The monoisotopic (exact) mass is 472 g/mol. The van der Waals surface area contributed by atoms with Gasteiger partial charge in [-0.1, -0.05) is 30.3 Å². The molecule has 1 aliphatic heterocycles. The lowest BCUT2D eigenvalue weighted by molar-refractivity contribution is 0.415. The van der Waals surface area contributed by atoms with Gasteiger partial charge in [-0.15, -0.1) is 23.5 Å². The number of pyridine rings is 1. The van der Waals surface area contributed by atoms with Gasteiger partial charge in [-0.25, -0.2) is 4.98 Å².